The lowest BCUT2D eigenvalue weighted by molar-refractivity contribution is -0.142. The number of anilines is 1. The molecule has 3 N–H and O–H groups in total. The molecule has 2 atom stereocenters. The summed E-state index contributed by atoms with van der Waals surface area (Å²) in [4.78, 5) is 22.9. The van der Waals surface area contributed by atoms with E-state index in [1.54, 1.807) is 12.1 Å². The molecule has 0 aliphatic carbocycles. The zero-order valence-electron chi connectivity index (χ0n) is 10.5. The van der Waals surface area contributed by atoms with E-state index in [2.05, 4.69) is 26.6 Å². The van der Waals surface area contributed by atoms with Crippen LogP contribution >= 0.6 is 39.1 Å². The molecule has 6 nitrogen and oxygen atoms in total. The Kier molecular flexibility index (Phi) is 5.32. The maximum atomic E-state index is 11.9. The molecule has 0 saturated carbocycles. The van der Waals surface area contributed by atoms with Crippen LogP contribution in [0.3, 0.4) is 0 Å². The first-order chi connectivity index (χ1) is 9.88. The van der Waals surface area contributed by atoms with Crippen LogP contribution in [-0.4, -0.2) is 36.4 Å². The Morgan fingerprint density at radius 3 is 2.48 bits per heavy atom. The fourth-order valence-electron chi connectivity index (χ4n) is 1.92. The molecule has 0 spiro atoms. The van der Waals surface area contributed by atoms with E-state index in [1.807, 2.05) is 0 Å². The molecule has 1 heterocycles. The number of rotatable bonds is 3. The topological polar surface area (TPSA) is 87.7 Å². The zero-order chi connectivity index (χ0) is 15.6. The van der Waals surface area contributed by atoms with Gasteiger partial charge in [-0.3, -0.25) is 4.79 Å². The number of nitrogens with one attached hydrogen (secondary N) is 2. The number of hydrogen-bond acceptors (Lipinski definition) is 3. The van der Waals surface area contributed by atoms with Gasteiger partial charge in [-0.2, -0.15) is 0 Å². The van der Waals surface area contributed by atoms with Gasteiger partial charge in [0.25, 0.3) is 0 Å². The molecule has 1 aromatic rings. The summed E-state index contributed by atoms with van der Waals surface area (Å²) in [6.45, 7) is 0.215. The Bertz CT molecular complexity index is 561. The van der Waals surface area contributed by atoms with Crippen molar-refractivity contribution in [3.05, 3.63) is 26.7 Å². The second-order valence-electron chi connectivity index (χ2n) is 4.43. The highest BCUT2D eigenvalue weighted by molar-refractivity contribution is 9.10. The summed E-state index contributed by atoms with van der Waals surface area (Å²) in [6.07, 6.45) is 0. The van der Waals surface area contributed by atoms with Gasteiger partial charge in [0.2, 0.25) is 0 Å². The molecule has 2 unspecified atom stereocenters. The van der Waals surface area contributed by atoms with E-state index in [0.717, 1.165) is 0 Å². The summed E-state index contributed by atoms with van der Waals surface area (Å²) < 4.78 is 5.74. The van der Waals surface area contributed by atoms with Gasteiger partial charge in [0.05, 0.1) is 35.0 Å². The molecule has 1 aliphatic rings. The number of halogens is 3. The third-order valence-corrected chi connectivity index (χ3v) is 4.01. The molecule has 1 saturated heterocycles. The third-order valence-electron chi connectivity index (χ3n) is 2.96. The van der Waals surface area contributed by atoms with Crippen molar-refractivity contribution in [3.63, 3.8) is 0 Å². The summed E-state index contributed by atoms with van der Waals surface area (Å²) in [7, 11) is 0. The number of benzene rings is 1. The van der Waals surface area contributed by atoms with E-state index >= 15 is 0 Å². The van der Waals surface area contributed by atoms with Gasteiger partial charge in [-0.05, 0) is 12.1 Å². The number of carboxylic acid groups (broad SMARTS) is 1. The highest BCUT2D eigenvalue weighted by Gasteiger charge is 2.35. The molecule has 2 rings (SSSR count). The molecule has 1 fully saturated rings. The highest BCUT2D eigenvalue weighted by Crippen LogP contribution is 2.33. The maximum absolute atomic E-state index is 11.9. The Balaban J connectivity index is 2.04. The summed E-state index contributed by atoms with van der Waals surface area (Å²) >= 11 is 15.2. The van der Waals surface area contributed by atoms with Crippen LogP contribution in [0.25, 0.3) is 0 Å². The van der Waals surface area contributed by atoms with Gasteiger partial charge in [0.15, 0.2) is 0 Å². The van der Waals surface area contributed by atoms with Crippen molar-refractivity contribution in [1.82, 2.24) is 5.32 Å². The van der Waals surface area contributed by atoms with Crippen molar-refractivity contribution < 1.29 is 19.4 Å². The van der Waals surface area contributed by atoms with Crippen LogP contribution in [0.15, 0.2) is 16.6 Å². The Hall–Kier alpha value is -1.02. The second-order valence-corrected chi connectivity index (χ2v) is 6.16. The van der Waals surface area contributed by atoms with Gasteiger partial charge in [-0.25, -0.2) is 4.79 Å². The normalized spacial score (nSPS) is 21.1. The molecule has 114 valence electrons. The Morgan fingerprint density at radius 1 is 1.29 bits per heavy atom. The van der Waals surface area contributed by atoms with Gasteiger partial charge >= 0.3 is 12.0 Å². The summed E-state index contributed by atoms with van der Waals surface area (Å²) in [5.41, 5.74) is 0.254. The quantitative estimate of drug-likeness (QED) is 0.731. The largest absolute Gasteiger partial charge is 0.481 e. The van der Waals surface area contributed by atoms with Gasteiger partial charge in [-0.15, -0.1) is 0 Å². The minimum atomic E-state index is -1.02. The molecule has 9 heteroatoms. The number of ether oxygens (including phenoxy) is 1. The van der Waals surface area contributed by atoms with Crippen molar-refractivity contribution in [3.8, 4) is 0 Å². The number of carbonyl (C=O) groups is 2. The van der Waals surface area contributed by atoms with Crippen LogP contribution in [0, 0.1) is 5.92 Å². The lowest BCUT2D eigenvalue weighted by Crippen LogP contribution is -2.44. The first kappa shape index (κ1) is 16.4. The average molecular weight is 398 g/mol. The second kappa shape index (κ2) is 6.83. The fourth-order valence-corrected chi connectivity index (χ4v) is 3.22. The third kappa shape index (κ3) is 4.00. The van der Waals surface area contributed by atoms with E-state index < -0.39 is 24.0 Å². The standard InChI is InChI=1S/C12H11BrCl2N2O4/c13-5-1-7(14)10(8(15)2-5)17-12(20)16-9-4-21-3-6(9)11(18)19/h1-2,6,9H,3-4H2,(H,18,19)(H2,16,17,20). The molecule has 2 amide bonds. The first-order valence-corrected chi connectivity index (χ1v) is 7.46. The number of aliphatic carboxylic acids is 1. The smallest absolute Gasteiger partial charge is 0.319 e. The summed E-state index contributed by atoms with van der Waals surface area (Å²) in [6, 6.07) is 1.97. The van der Waals surface area contributed by atoms with Crippen molar-refractivity contribution in [2.45, 2.75) is 6.04 Å². The number of hydrogen-bond donors (Lipinski definition) is 3. The lowest BCUT2D eigenvalue weighted by Gasteiger charge is -2.17. The van der Waals surface area contributed by atoms with Gasteiger partial charge in [0.1, 0.15) is 5.92 Å². The summed E-state index contributed by atoms with van der Waals surface area (Å²) in [5.74, 6) is -1.79. The van der Waals surface area contributed by atoms with Crippen molar-refractivity contribution in [1.29, 1.82) is 0 Å². The molecule has 1 aliphatic heterocycles. The van der Waals surface area contributed by atoms with Crippen LogP contribution < -0.4 is 10.6 Å². The molecular weight excluding hydrogens is 387 g/mol. The minimum absolute atomic E-state index is 0.0695. The van der Waals surface area contributed by atoms with E-state index in [-0.39, 0.29) is 28.9 Å². The van der Waals surface area contributed by atoms with E-state index in [9.17, 15) is 9.59 Å². The molecule has 0 radical (unpaired) electrons. The molecule has 0 bridgehead atoms. The molecule has 0 aromatic heterocycles. The SMILES string of the molecule is O=C(Nc1c(Cl)cc(Br)cc1Cl)NC1COCC1C(=O)O. The zero-order valence-corrected chi connectivity index (χ0v) is 13.6. The predicted molar refractivity (Wildman–Crippen MR) is 82.0 cm³/mol. The Morgan fingerprint density at radius 2 is 1.90 bits per heavy atom. The van der Waals surface area contributed by atoms with Gasteiger partial charge < -0.3 is 20.5 Å². The van der Waals surface area contributed by atoms with Gasteiger partial charge in [-0.1, -0.05) is 39.1 Å². The number of urea groups is 1. The average Bonchev–Trinajstić information content (AvgIpc) is 2.82. The minimum Gasteiger partial charge on any atom is -0.481 e. The van der Waals surface area contributed by atoms with Crippen LogP contribution in [0.4, 0.5) is 10.5 Å². The van der Waals surface area contributed by atoms with Crippen molar-refractivity contribution in [2.75, 3.05) is 18.5 Å². The first-order valence-electron chi connectivity index (χ1n) is 5.91. The van der Waals surface area contributed by atoms with E-state index in [0.29, 0.717) is 4.47 Å². The van der Waals surface area contributed by atoms with Crippen LogP contribution in [0.5, 0.6) is 0 Å². The highest BCUT2D eigenvalue weighted by atomic mass is 79.9. The fraction of sp³-hybridized carbons (Fsp3) is 0.333. The van der Waals surface area contributed by atoms with Crippen LogP contribution in [0.1, 0.15) is 0 Å². The van der Waals surface area contributed by atoms with E-state index in [4.69, 9.17) is 33.0 Å². The van der Waals surface area contributed by atoms with E-state index in [1.165, 1.54) is 0 Å². The number of amides is 2. The molecule has 1 aromatic carbocycles. The Labute approximate surface area is 138 Å². The monoisotopic (exact) mass is 396 g/mol. The van der Waals surface area contributed by atoms with Crippen molar-refractivity contribution >= 4 is 56.8 Å². The lowest BCUT2D eigenvalue weighted by atomic mass is 10.0. The number of carbonyl (C=O) groups excluding carboxylic acids is 1. The molecule has 21 heavy (non-hydrogen) atoms. The summed E-state index contributed by atoms with van der Waals surface area (Å²) in [5, 5.41) is 14.6. The molecular formula is C12H11BrCl2N2O4. The predicted octanol–water partition coefficient (Wildman–Crippen LogP) is 2.98. The van der Waals surface area contributed by atoms with Gasteiger partial charge in [0, 0.05) is 4.47 Å². The van der Waals surface area contributed by atoms with Crippen LogP contribution in [0.2, 0.25) is 10.0 Å². The number of carboxylic acids is 1. The van der Waals surface area contributed by atoms with Crippen molar-refractivity contribution in [2.24, 2.45) is 5.92 Å². The van der Waals surface area contributed by atoms with Crippen LogP contribution in [-0.2, 0) is 9.53 Å². The maximum Gasteiger partial charge on any atom is 0.319 e.